The average Bonchev–Trinajstić information content (AvgIpc) is 3.75. The van der Waals surface area contributed by atoms with Crippen LogP contribution in [-0.2, 0) is 0 Å². The van der Waals surface area contributed by atoms with Gasteiger partial charge < -0.3 is 26.5 Å². The molecule has 0 unspecified atom stereocenters. The van der Waals surface area contributed by atoms with Gasteiger partial charge in [0.25, 0.3) is 11.8 Å². The molecular formula is C25H13N5O6. The largest absolute Gasteiger partial charge is 0.448 e. The van der Waals surface area contributed by atoms with Gasteiger partial charge in [-0.1, -0.05) is 6.07 Å². The van der Waals surface area contributed by atoms with Crippen LogP contribution in [0.3, 0.4) is 0 Å². The molecule has 0 saturated carbocycles. The highest BCUT2D eigenvalue weighted by Gasteiger charge is 2.18. The maximum absolute atomic E-state index is 5.90. The van der Waals surface area contributed by atoms with Crippen molar-refractivity contribution in [1.82, 2.24) is 24.9 Å². The first-order valence-electron chi connectivity index (χ1n) is 10.7. The molecule has 0 spiro atoms. The predicted molar refractivity (Wildman–Crippen MR) is 122 cm³/mol. The summed E-state index contributed by atoms with van der Waals surface area (Å²) in [6.45, 7) is 0. The smallest absolute Gasteiger partial charge is 0.263 e. The number of nitrogens with zero attached hydrogens (tertiary/aromatic N) is 5. The minimum atomic E-state index is 0.310. The summed E-state index contributed by atoms with van der Waals surface area (Å²) in [4.78, 5) is 21.1. The first kappa shape index (κ1) is 20.0. The van der Waals surface area contributed by atoms with Gasteiger partial charge in [0, 0.05) is 0 Å². The summed E-state index contributed by atoms with van der Waals surface area (Å²) in [5.41, 5.74) is 1.13. The number of oxazole rings is 4. The predicted octanol–water partition coefficient (Wildman–Crippen LogP) is 6.22. The number of pyridine rings is 1. The zero-order valence-corrected chi connectivity index (χ0v) is 18.2. The molecule has 0 atom stereocenters. The monoisotopic (exact) mass is 479 g/mol. The highest BCUT2D eigenvalue weighted by Crippen LogP contribution is 2.33. The second-order valence-electron chi connectivity index (χ2n) is 7.53. The van der Waals surface area contributed by atoms with E-state index < -0.39 is 0 Å². The molecule has 0 N–H and O–H groups in total. The summed E-state index contributed by atoms with van der Waals surface area (Å²) in [5, 5.41) is 0. The first-order chi connectivity index (χ1) is 17.8. The molecule has 0 aromatic carbocycles. The molecule has 36 heavy (non-hydrogen) atoms. The van der Waals surface area contributed by atoms with E-state index in [0.29, 0.717) is 69.3 Å². The van der Waals surface area contributed by atoms with E-state index in [9.17, 15) is 0 Å². The molecule has 0 bridgehead atoms. The molecule has 0 saturated heterocycles. The van der Waals surface area contributed by atoms with Crippen LogP contribution < -0.4 is 0 Å². The molecular weight excluding hydrogens is 466 g/mol. The van der Waals surface area contributed by atoms with Crippen molar-refractivity contribution in [3.05, 3.63) is 80.0 Å². The Morgan fingerprint density at radius 3 is 1.42 bits per heavy atom. The minimum Gasteiger partial charge on any atom is -0.448 e. The van der Waals surface area contributed by atoms with Crippen LogP contribution in [0.5, 0.6) is 0 Å². The highest BCUT2D eigenvalue weighted by molar-refractivity contribution is 5.63. The standard InChI is InChI=1S/C25H13N5O6/c1-2-14(20-10-28-24(35-20)18-6-4-16(33-18)22-8-26-12-31-22)30-15(3-1)21-11-29-25(36-21)19-7-5-17(34-19)23-9-27-13-32-23/h1-13H. The van der Waals surface area contributed by atoms with E-state index in [4.69, 9.17) is 26.5 Å². The fourth-order valence-electron chi connectivity index (χ4n) is 3.57. The number of hydrogen-bond acceptors (Lipinski definition) is 11. The Bertz CT molecular complexity index is 1630. The van der Waals surface area contributed by atoms with Gasteiger partial charge in [-0.25, -0.2) is 24.9 Å². The van der Waals surface area contributed by atoms with Crippen molar-refractivity contribution in [2.75, 3.05) is 0 Å². The molecule has 7 aromatic heterocycles. The molecule has 0 radical (unpaired) electrons. The second kappa shape index (κ2) is 8.09. The number of aromatic nitrogens is 5. The number of hydrogen-bond donors (Lipinski definition) is 0. The van der Waals surface area contributed by atoms with E-state index in [1.54, 1.807) is 49.1 Å². The molecule has 11 heteroatoms. The minimum absolute atomic E-state index is 0.310. The molecule has 0 aliphatic rings. The summed E-state index contributed by atoms with van der Waals surface area (Å²) < 4.78 is 33.9. The van der Waals surface area contributed by atoms with Crippen LogP contribution in [0.25, 0.3) is 69.3 Å². The van der Waals surface area contributed by atoms with Gasteiger partial charge in [0.15, 0.2) is 58.9 Å². The molecule has 0 aliphatic carbocycles. The Kier molecular flexibility index (Phi) is 4.49. The Balaban J connectivity index is 1.14. The van der Waals surface area contributed by atoms with Gasteiger partial charge in [-0.05, 0) is 36.4 Å². The topological polar surface area (TPSA) is 143 Å². The van der Waals surface area contributed by atoms with Gasteiger partial charge in [-0.15, -0.1) is 0 Å². The maximum atomic E-state index is 5.90. The summed E-state index contributed by atoms with van der Waals surface area (Å²) in [7, 11) is 0. The van der Waals surface area contributed by atoms with Gasteiger partial charge in [0.1, 0.15) is 11.4 Å². The van der Waals surface area contributed by atoms with Crippen LogP contribution >= 0.6 is 0 Å². The van der Waals surface area contributed by atoms with Crippen molar-refractivity contribution < 1.29 is 26.5 Å². The molecule has 7 aromatic rings. The van der Waals surface area contributed by atoms with Crippen LogP contribution in [0.15, 0.2) is 107 Å². The first-order valence-corrected chi connectivity index (χ1v) is 10.7. The van der Waals surface area contributed by atoms with Crippen LogP contribution in [0.1, 0.15) is 0 Å². The lowest BCUT2D eigenvalue weighted by Crippen LogP contribution is -1.85. The van der Waals surface area contributed by atoms with Crippen LogP contribution in [0, 0.1) is 0 Å². The highest BCUT2D eigenvalue weighted by atomic mass is 16.4. The Labute approximate surface area is 201 Å². The fraction of sp³-hybridized carbons (Fsp3) is 0. The second-order valence-corrected chi connectivity index (χ2v) is 7.53. The van der Waals surface area contributed by atoms with Crippen LogP contribution in [-0.4, -0.2) is 24.9 Å². The summed E-state index contributed by atoms with van der Waals surface area (Å²) in [6.07, 6.45) is 8.96. The zero-order chi connectivity index (χ0) is 23.9. The van der Waals surface area contributed by atoms with E-state index in [1.165, 1.54) is 12.8 Å². The Morgan fingerprint density at radius 1 is 0.444 bits per heavy atom. The van der Waals surface area contributed by atoms with E-state index in [2.05, 4.69) is 24.9 Å². The van der Waals surface area contributed by atoms with Gasteiger partial charge >= 0.3 is 0 Å². The van der Waals surface area contributed by atoms with E-state index >= 15 is 0 Å². The third-order valence-corrected chi connectivity index (χ3v) is 5.25. The molecule has 7 rings (SSSR count). The molecule has 0 aliphatic heterocycles. The average molecular weight is 479 g/mol. The molecule has 174 valence electrons. The van der Waals surface area contributed by atoms with Gasteiger partial charge in [-0.3, -0.25) is 0 Å². The summed E-state index contributed by atoms with van der Waals surface area (Å²) in [5.74, 6) is 4.52. The van der Waals surface area contributed by atoms with E-state index in [0.717, 1.165) is 0 Å². The SMILES string of the molecule is c1cc(-c2cnc(-c3ccc(-c4cnco4)o3)o2)nc(-c2cnc(-c3ccc(-c4cnco4)o3)o2)c1. The van der Waals surface area contributed by atoms with E-state index in [1.807, 2.05) is 18.2 Å². The molecule has 11 nitrogen and oxygen atoms in total. The van der Waals surface area contributed by atoms with Gasteiger partial charge in [0.2, 0.25) is 0 Å². The zero-order valence-electron chi connectivity index (χ0n) is 18.2. The third-order valence-electron chi connectivity index (χ3n) is 5.25. The molecule has 0 fully saturated rings. The number of furan rings is 2. The fourth-order valence-corrected chi connectivity index (χ4v) is 3.57. The van der Waals surface area contributed by atoms with Crippen molar-refractivity contribution in [3.63, 3.8) is 0 Å². The third kappa shape index (κ3) is 3.51. The normalized spacial score (nSPS) is 11.3. The van der Waals surface area contributed by atoms with E-state index in [-0.39, 0.29) is 0 Å². The molecule has 7 heterocycles. The lowest BCUT2D eigenvalue weighted by molar-refractivity contribution is 0.505. The molecule has 0 amide bonds. The lowest BCUT2D eigenvalue weighted by atomic mass is 10.2. The lowest BCUT2D eigenvalue weighted by Gasteiger charge is -1.99. The Morgan fingerprint density at radius 2 is 0.944 bits per heavy atom. The van der Waals surface area contributed by atoms with Crippen molar-refractivity contribution >= 4 is 0 Å². The number of rotatable bonds is 6. The maximum Gasteiger partial charge on any atom is 0.263 e. The van der Waals surface area contributed by atoms with Crippen molar-refractivity contribution in [2.45, 2.75) is 0 Å². The summed E-state index contributed by atoms with van der Waals surface area (Å²) in [6, 6.07) is 12.5. The van der Waals surface area contributed by atoms with Crippen molar-refractivity contribution in [1.29, 1.82) is 0 Å². The van der Waals surface area contributed by atoms with Crippen molar-refractivity contribution in [3.8, 4) is 69.3 Å². The quantitative estimate of drug-likeness (QED) is 0.268. The van der Waals surface area contributed by atoms with Crippen molar-refractivity contribution in [2.24, 2.45) is 0 Å². The van der Waals surface area contributed by atoms with Crippen LogP contribution in [0.2, 0.25) is 0 Å². The van der Waals surface area contributed by atoms with Crippen LogP contribution in [0.4, 0.5) is 0 Å². The van der Waals surface area contributed by atoms with Gasteiger partial charge in [-0.2, -0.15) is 0 Å². The summed E-state index contributed by atoms with van der Waals surface area (Å²) >= 11 is 0. The Hall–Kier alpha value is -5.45. The van der Waals surface area contributed by atoms with Gasteiger partial charge in [0.05, 0.1) is 24.8 Å².